The van der Waals surface area contributed by atoms with Gasteiger partial charge < -0.3 is 19.8 Å². The monoisotopic (exact) mass is 372 g/mol. The first kappa shape index (κ1) is 17.6. The van der Waals surface area contributed by atoms with Crippen LogP contribution in [0.25, 0.3) is 16.8 Å². The Kier molecular flexibility index (Phi) is 4.68. The van der Waals surface area contributed by atoms with E-state index in [2.05, 4.69) is 26.1 Å². The number of ether oxygens (including phenoxy) is 1. The molecule has 0 radical (unpaired) electrons. The molecule has 0 spiro atoms. The minimum atomic E-state index is -0.0913. The maximum absolute atomic E-state index is 11.1. The zero-order valence-electron chi connectivity index (χ0n) is 15.6. The smallest absolute Gasteiger partial charge is 0.221 e. The molecule has 2 aromatic heterocycles. The van der Waals surface area contributed by atoms with Crippen molar-refractivity contribution in [2.75, 3.05) is 17.7 Å². The van der Waals surface area contributed by atoms with E-state index in [4.69, 9.17) is 4.74 Å². The number of nitrogens with one attached hydrogen (secondary N) is 2. The molecule has 2 heterocycles. The Morgan fingerprint density at radius 3 is 2.36 bits per heavy atom. The second-order valence-electron chi connectivity index (χ2n) is 6.36. The molecule has 1 amide bonds. The fraction of sp³-hybridized carbons (Fsp3) is 0.0909. The van der Waals surface area contributed by atoms with Crippen LogP contribution in [0.2, 0.25) is 0 Å². The lowest BCUT2D eigenvalue weighted by molar-refractivity contribution is -0.114. The molecular formula is C22H20N4O2. The van der Waals surface area contributed by atoms with Crippen molar-refractivity contribution in [1.82, 2.24) is 9.38 Å². The zero-order chi connectivity index (χ0) is 19.5. The highest BCUT2D eigenvalue weighted by atomic mass is 16.5. The molecule has 0 aliphatic rings. The van der Waals surface area contributed by atoms with Gasteiger partial charge in [-0.15, -0.1) is 0 Å². The minimum absolute atomic E-state index is 0.0913. The van der Waals surface area contributed by atoms with Gasteiger partial charge in [0.2, 0.25) is 5.91 Å². The normalized spacial score (nSPS) is 10.6. The standard InChI is InChI=1S/C22H20N4O2/c1-15(27)24-17-5-7-18(8-6-17)25-22-21-12-11-20(26(21)14-13-23-22)16-3-9-19(28-2)10-4-16/h3-14H,1-2H3,(H,23,25)(H,24,27). The summed E-state index contributed by atoms with van der Waals surface area (Å²) in [7, 11) is 1.66. The van der Waals surface area contributed by atoms with E-state index >= 15 is 0 Å². The molecule has 2 N–H and O–H groups in total. The summed E-state index contributed by atoms with van der Waals surface area (Å²) in [4.78, 5) is 15.6. The molecular weight excluding hydrogens is 352 g/mol. The van der Waals surface area contributed by atoms with Crippen molar-refractivity contribution in [1.29, 1.82) is 0 Å². The number of methoxy groups -OCH3 is 1. The number of fused-ring (bicyclic) bond motifs is 1. The van der Waals surface area contributed by atoms with Gasteiger partial charge >= 0.3 is 0 Å². The summed E-state index contributed by atoms with van der Waals surface area (Å²) in [5, 5.41) is 6.11. The van der Waals surface area contributed by atoms with Crippen LogP contribution in [0.4, 0.5) is 17.2 Å². The topological polar surface area (TPSA) is 67.7 Å². The fourth-order valence-corrected chi connectivity index (χ4v) is 3.11. The predicted molar refractivity (Wildman–Crippen MR) is 111 cm³/mol. The van der Waals surface area contributed by atoms with E-state index in [9.17, 15) is 4.79 Å². The summed E-state index contributed by atoms with van der Waals surface area (Å²) in [6.07, 6.45) is 3.72. The number of hydrogen-bond acceptors (Lipinski definition) is 4. The van der Waals surface area contributed by atoms with E-state index in [1.54, 1.807) is 13.3 Å². The van der Waals surface area contributed by atoms with Crippen LogP contribution >= 0.6 is 0 Å². The molecule has 4 aromatic rings. The second-order valence-corrected chi connectivity index (χ2v) is 6.36. The Morgan fingerprint density at radius 1 is 0.964 bits per heavy atom. The van der Waals surface area contributed by atoms with Crippen LogP contribution < -0.4 is 15.4 Å². The van der Waals surface area contributed by atoms with E-state index in [-0.39, 0.29) is 5.91 Å². The fourth-order valence-electron chi connectivity index (χ4n) is 3.11. The number of amides is 1. The van der Waals surface area contributed by atoms with Gasteiger partial charge in [-0.25, -0.2) is 4.98 Å². The van der Waals surface area contributed by atoms with Crippen LogP contribution in [0.5, 0.6) is 5.75 Å². The number of aromatic nitrogens is 2. The van der Waals surface area contributed by atoms with Crippen LogP contribution in [0.1, 0.15) is 6.92 Å². The van der Waals surface area contributed by atoms with Gasteiger partial charge in [-0.2, -0.15) is 0 Å². The molecule has 6 heteroatoms. The molecule has 140 valence electrons. The third-order valence-corrected chi connectivity index (χ3v) is 4.43. The van der Waals surface area contributed by atoms with E-state index in [1.807, 2.05) is 60.8 Å². The molecule has 0 bridgehead atoms. The Morgan fingerprint density at radius 2 is 1.68 bits per heavy atom. The van der Waals surface area contributed by atoms with E-state index in [0.29, 0.717) is 0 Å². The first-order valence-electron chi connectivity index (χ1n) is 8.89. The highest BCUT2D eigenvalue weighted by molar-refractivity contribution is 5.89. The first-order valence-corrected chi connectivity index (χ1v) is 8.89. The number of anilines is 3. The number of hydrogen-bond donors (Lipinski definition) is 2. The molecule has 0 aliphatic carbocycles. The van der Waals surface area contributed by atoms with Gasteiger partial charge in [0, 0.05) is 30.7 Å². The van der Waals surface area contributed by atoms with Crippen molar-refractivity contribution in [3.8, 4) is 17.0 Å². The molecule has 0 saturated heterocycles. The SMILES string of the molecule is COc1ccc(-c2ccc3c(Nc4ccc(NC(C)=O)cc4)nccn23)cc1. The van der Waals surface area contributed by atoms with Crippen molar-refractivity contribution in [3.05, 3.63) is 73.1 Å². The molecule has 4 rings (SSSR count). The van der Waals surface area contributed by atoms with Crippen LogP contribution in [-0.2, 0) is 4.79 Å². The highest BCUT2D eigenvalue weighted by Crippen LogP contribution is 2.28. The number of benzene rings is 2. The summed E-state index contributed by atoms with van der Waals surface area (Å²) < 4.78 is 7.34. The van der Waals surface area contributed by atoms with Crippen molar-refractivity contribution < 1.29 is 9.53 Å². The summed E-state index contributed by atoms with van der Waals surface area (Å²) in [5.74, 6) is 1.50. The lowest BCUT2D eigenvalue weighted by Crippen LogP contribution is -2.05. The Hall–Kier alpha value is -3.80. The van der Waals surface area contributed by atoms with E-state index in [0.717, 1.165) is 39.7 Å². The summed E-state index contributed by atoms with van der Waals surface area (Å²) in [5.41, 5.74) is 4.79. The third kappa shape index (κ3) is 3.53. The summed E-state index contributed by atoms with van der Waals surface area (Å²) in [6.45, 7) is 1.49. The van der Waals surface area contributed by atoms with Gasteiger partial charge in [0.05, 0.1) is 18.3 Å². The molecule has 0 aliphatic heterocycles. The molecule has 0 fully saturated rings. The number of carbonyl (C=O) groups excluding carboxylic acids is 1. The molecule has 6 nitrogen and oxygen atoms in total. The number of carbonyl (C=O) groups is 1. The van der Waals surface area contributed by atoms with Crippen molar-refractivity contribution in [2.24, 2.45) is 0 Å². The quantitative estimate of drug-likeness (QED) is 0.532. The molecule has 2 aromatic carbocycles. The van der Waals surface area contributed by atoms with E-state index < -0.39 is 0 Å². The highest BCUT2D eigenvalue weighted by Gasteiger charge is 2.09. The first-order chi connectivity index (χ1) is 13.6. The lowest BCUT2D eigenvalue weighted by atomic mass is 10.1. The van der Waals surface area contributed by atoms with Gasteiger partial charge in [-0.05, 0) is 66.2 Å². The second kappa shape index (κ2) is 7.44. The maximum atomic E-state index is 11.1. The number of nitrogens with zero attached hydrogens (tertiary/aromatic N) is 2. The molecule has 28 heavy (non-hydrogen) atoms. The molecule has 0 saturated carbocycles. The largest absolute Gasteiger partial charge is 0.497 e. The van der Waals surface area contributed by atoms with Crippen molar-refractivity contribution in [3.63, 3.8) is 0 Å². The zero-order valence-corrected chi connectivity index (χ0v) is 15.6. The van der Waals surface area contributed by atoms with Gasteiger partial charge in [-0.3, -0.25) is 4.79 Å². The van der Waals surface area contributed by atoms with Gasteiger partial charge in [-0.1, -0.05) is 0 Å². The van der Waals surface area contributed by atoms with Gasteiger partial charge in [0.25, 0.3) is 0 Å². The average molecular weight is 372 g/mol. The third-order valence-electron chi connectivity index (χ3n) is 4.43. The van der Waals surface area contributed by atoms with Crippen molar-refractivity contribution in [2.45, 2.75) is 6.92 Å². The molecule has 0 atom stereocenters. The van der Waals surface area contributed by atoms with E-state index in [1.165, 1.54) is 6.92 Å². The maximum Gasteiger partial charge on any atom is 0.221 e. The minimum Gasteiger partial charge on any atom is -0.497 e. The van der Waals surface area contributed by atoms with Gasteiger partial charge in [0.15, 0.2) is 5.82 Å². The molecule has 0 unspecified atom stereocenters. The van der Waals surface area contributed by atoms with Crippen LogP contribution in [0.3, 0.4) is 0 Å². The summed E-state index contributed by atoms with van der Waals surface area (Å²) >= 11 is 0. The van der Waals surface area contributed by atoms with Gasteiger partial charge in [0.1, 0.15) is 5.75 Å². The average Bonchev–Trinajstić information content (AvgIpc) is 3.14. The Bertz CT molecular complexity index is 1120. The predicted octanol–water partition coefficient (Wildman–Crippen LogP) is 4.71. The van der Waals surface area contributed by atoms with Crippen LogP contribution in [0.15, 0.2) is 73.1 Å². The van der Waals surface area contributed by atoms with Crippen LogP contribution in [0, 0.1) is 0 Å². The Labute approximate surface area is 162 Å². The lowest BCUT2D eigenvalue weighted by Gasteiger charge is -2.10. The van der Waals surface area contributed by atoms with Crippen LogP contribution in [-0.4, -0.2) is 22.4 Å². The summed E-state index contributed by atoms with van der Waals surface area (Å²) in [6, 6.07) is 19.6. The number of rotatable bonds is 5. The van der Waals surface area contributed by atoms with Crippen molar-refractivity contribution >= 4 is 28.6 Å². The Balaban J connectivity index is 1.63.